The molecule has 1 aliphatic heterocycles. The molecule has 150 valence electrons. The number of aliphatic hydroxyl groups excluding tert-OH is 1. The second kappa shape index (κ2) is 8.61. The highest BCUT2D eigenvalue weighted by Crippen LogP contribution is 2.19. The van der Waals surface area contributed by atoms with Crippen molar-refractivity contribution < 1.29 is 22.3 Å². The van der Waals surface area contributed by atoms with Crippen LogP contribution in [0.2, 0.25) is 0 Å². The van der Waals surface area contributed by atoms with Crippen molar-refractivity contribution >= 4 is 15.9 Å². The van der Waals surface area contributed by atoms with Gasteiger partial charge in [0, 0.05) is 17.7 Å². The van der Waals surface area contributed by atoms with Gasteiger partial charge in [0.15, 0.2) is 5.84 Å². The lowest BCUT2D eigenvalue weighted by Gasteiger charge is -2.16. The van der Waals surface area contributed by atoms with Crippen LogP contribution in [-0.2, 0) is 16.6 Å². The Kier molecular flexibility index (Phi) is 6.19. The van der Waals surface area contributed by atoms with Crippen LogP contribution < -0.4 is 15.7 Å². The zero-order valence-corrected chi connectivity index (χ0v) is 15.5. The first kappa shape index (κ1) is 20.1. The fraction of sp³-hybridized carbons (Fsp3) is 0.235. The molecule has 3 rings (SSSR count). The van der Waals surface area contributed by atoms with E-state index in [-0.39, 0.29) is 23.6 Å². The van der Waals surface area contributed by atoms with Crippen LogP contribution in [-0.4, -0.2) is 37.6 Å². The van der Waals surface area contributed by atoms with Gasteiger partial charge in [0.05, 0.1) is 18.0 Å². The van der Waals surface area contributed by atoms with Gasteiger partial charge >= 0.3 is 0 Å². The number of rotatable bonds is 8. The summed E-state index contributed by atoms with van der Waals surface area (Å²) in [6.07, 6.45) is -2.50. The number of hydrogen-bond acceptors (Lipinski definition) is 7. The first-order valence-corrected chi connectivity index (χ1v) is 9.83. The maximum absolute atomic E-state index is 12.6. The van der Waals surface area contributed by atoms with Gasteiger partial charge in [-0.25, -0.2) is 27.5 Å². The van der Waals surface area contributed by atoms with E-state index in [2.05, 4.69) is 20.8 Å². The molecule has 0 bridgehead atoms. The fourth-order valence-corrected chi connectivity index (χ4v) is 3.52. The van der Waals surface area contributed by atoms with Crippen molar-refractivity contribution in [1.29, 1.82) is 0 Å². The minimum absolute atomic E-state index is 0.0356. The average molecular weight is 411 g/mol. The van der Waals surface area contributed by atoms with Crippen LogP contribution in [0.15, 0.2) is 58.5 Å². The minimum atomic E-state index is -3.67. The summed E-state index contributed by atoms with van der Waals surface area (Å²) in [5, 5.41) is 14.4. The minimum Gasteiger partial charge on any atom is -0.395 e. The number of sulfonamides is 1. The highest BCUT2D eigenvalue weighted by molar-refractivity contribution is 7.89. The normalized spacial score (nSPS) is 14.6. The number of hydrogen-bond donors (Lipinski definition) is 4. The molecule has 0 spiro atoms. The monoisotopic (exact) mass is 411 g/mol. The molecule has 1 aliphatic rings. The van der Waals surface area contributed by atoms with Gasteiger partial charge in [-0.2, -0.15) is 0 Å². The van der Waals surface area contributed by atoms with Gasteiger partial charge in [-0.15, -0.1) is 10.2 Å². The van der Waals surface area contributed by atoms with Crippen LogP contribution in [0.3, 0.4) is 0 Å². The molecule has 8 nitrogen and oxygen atoms in total. The van der Waals surface area contributed by atoms with E-state index in [1.54, 1.807) is 29.4 Å². The molecule has 1 heterocycles. The number of halogens is 2. The summed E-state index contributed by atoms with van der Waals surface area (Å²) in [6, 6.07) is 12.0. The molecule has 0 aliphatic carbocycles. The molecule has 0 fully saturated rings. The zero-order valence-electron chi connectivity index (χ0n) is 14.6. The molecule has 0 aromatic heterocycles. The summed E-state index contributed by atoms with van der Waals surface area (Å²) < 4.78 is 51.5. The molecule has 0 saturated heterocycles. The third-order valence-corrected chi connectivity index (χ3v) is 5.41. The Bertz CT molecular complexity index is 934. The first-order valence-electron chi connectivity index (χ1n) is 8.34. The number of alkyl halides is 2. The number of nitrogens with one attached hydrogen (secondary N) is 3. The third kappa shape index (κ3) is 4.81. The Labute approximate surface area is 160 Å². The topological polar surface area (TPSA) is 106 Å². The number of nitrogens with zero attached hydrogens (tertiary/aromatic N) is 2. The lowest BCUT2D eigenvalue weighted by molar-refractivity contribution is 0.151. The molecular formula is C17H19F2N5O3S. The maximum Gasteiger partial charge on any atom is 0.263 e. The van der Waals surface area contributed by atoms with E-state index < -0.39 is 16.4 Å². The predicted molar refractivity (Wildman–Crippen MR) is 98.5 cm³/mol. The summed E-state index contributed by atoms with van der Waals surface area (Å²) in [7, 11) is -3.67. The molecule has 28 heavy (non-hydrogen) atoms. The summed E-state index contributed by atoms with van der Waals surface area (Å²) >= 11 is 0. The molecule has 0 atom stereocenters. The molecular weight excluding hydrogens is 392 g/mol. The third-order valence-electron chi connectivity index (χ3n) is 3.94. The Morgan fingerprint density at radius 3 is 2.39 bits per heavy atom. The second-order valence-corrected chi connectivity index (χ2v) is 7.71. The summed E-state index contributed by atoms with van der Waals surface area (Å²) in [5.41, 5.74) is 7.20. The van der Waals surface area contributed by atoms with Crippen LogP contribution >= 0.6 is 0 Å². The SMILES string of the molecule is O=S(=O)(NCCO)c1ccc(C2=NNN(Cc3ccc(C(F)F)cc3)N2)cc1. The van der Waals surface area contributed by atoms with Crippen molar-refractivity contribution in [2.45, 2.75) is 17.9 Å². The van der Waals surface area contributed by atoms with Crippen LogP contribution in [0.25, 0.3) is 0 Å². The average Bonchev–Trinajstić information content (AvgIpc) is 3.15. The number of benzene rings is 2. The number of aliphatic hydroxyl groups is 1. The van der Waals surface area contributed by atoms with Crippen molar-refractivity contribution in [3.05, 3.63) is 65.2 Å². The lowest BCUT2D eigenvalue weighted by Crippen LogP contribution is -2.40. The zero-order chi connectivity index (χ0) is 20.1. The first-order chi connectivity index (χ1) is 13.4. The quantitative estimate of drug-likeness (QED) is 0.518. The van der Waals surface area contributed by atoms with Gasteiger partial charge in [-0.1, -0.05) is 24.3 Å². The van der Waals surface area contributed by atoms with E-state index in [0.29, 0.717) is 17.9 Å². The van der Waals surface area contributed by atoms with E-state index in [9.17, 15) is 17.2 Å². The summed E-state index contributed by atoms with van der Waals surface area (Å²) in [5.74, 6) is 0.483. The molecule has 4 N–H and O–H groups in total. The van der Waals surface area contributed by atoms with Crippen molar-refractivity contribution in [1.82, 2.24) is 20.8 Å². The Morgan fingerprint density at radius 1 is 1.11 bits per heavy atom. The van der Waals surface area contributed by atoms with Crippen molar-refractivity contribution in [3.8, 4) is 0 Å². The second-order valence-electron chi connectivity index (χ2n) is 5.95. The number of amidine groups is 1. The van der Waals surface area contributed by atoms with Crippen LogP contribution in [0.5, 0.6) is 0 Å². The van der Waals surface area contributed by atoms with Crippen LogP contribution in [0.4, 0.5) is 8.78 Å². The molecule has 0 saturated carbocycles. The van der Waals surface area contributed by atoms with E-state index in [4.69, 9.17) is 5.11 Å². The molecule has 0 unspecified atom stereocenters. The highest BCUT2D eigenvalue weighted by Gasteiger charge is 2.18. The fourth-order valence-electron chi connectivity index (χ4n) is 2.50. The van der Waals surface area contributed by atoms with E-state index in [1.807, 2.05) is 0 Å². The molecule has 2 aromatic carbocycles. The lowest BCUT2D eigenvalue weighted by atomic mass is 10.1. The molecule has 2 aromatic rings. The van der Waals surface area contributed by atoms with Crippen molar-refractivity contribution in [3.63, 3.8) is 0 Å². The highest BCUT2D eigenvalue weighted by atomic mass is 32.2. The van der Waals surface area contributed by atoms with Gasteiger partial charge in [0.2, 0.25) is 10.0 Å². The summed E-state index contributed by atoms with van der Waals surface area (Å²) in [4.78, 5) is 0.0761. The van der Waals surface area contributed by atoms with Gasteiger partial charge in [-0.3, -0.25) is 5.43 Å². The molecule has 0 amide bonds. The summed E-state index contributed by atoms with van der Waals surface area (Å²) in [6.45, 7) is 0.0218. The van der Waals surface area contributed by atoms with Gasteiger partial charge in [0.25, 0.3) is 6.43 Å². The van der Waals surface area contributed by atoms with Crippen molar-refractivity contribution in [2.24, 2.45) is 5.10 Å². The Hall–Kier alpha value is -2.60. The Morgan fingerprint density at radius 2 is 1.79 bits per heavy atom. The van der Waals surface area contributed by atoms with Crippen LogP contribution in [0.1, 0.15) is 23.1 Å². The van der Waals surface area contributed by atoms with Gasteiger partial charge in [0.1, 0.15) is 0 Å². The predicted octanol–water partition coefficient (Wildman–Crippen LogP) is 1.08. The smallest absolute Gasteiger partial charge is 0.263 e. The van der Waals surface area contributed by atoms with Crippen molar-refractivity contribution in [2.75, 3.05) is 13.2 Å². The maximum atomic E-state index is 12.6. The molecule has 0 radical (unpaired) electrons. The van der Waals surface area contributed by atoms with E-state index >= 15 is 0 Å². The molecule has 11 heteroatoms. The standard InChI is InChI=1S/C17H19F2N5O3S/c18-16(19)13-3-1-12(2-4-13)11-24-22-17(21-23-24)14-5-7-15(8-6-14)28(26,27)20-9-10-25/h1-8,16,20,23,25H,9-11H2,(H,21,22). The van der Waals surface area contributed by atoms with E-state index in [0.717, 1.165) is 5.56 Å². The Balaban J connectivity index is 1.60. The largest absolute Gasteiger partial charge is 0.395 e. The number of hydrazone groups is 1. The van der Waals surface area contributed by atoms with Crippen LogP contribution in [0, 0.1) is 0 Å². The van der Waals surface area contributed by atoms with E-state index in [1.165, 1.54) is 24.3 Å². The van der Waals surface area contributed by atoms with Gasteiger partial charge in [-0.05, 0) is 29.8 Å². The number of hydrazine groups is 2. The van der Waals surface area contributed by atoms with Gasteiger partial charge < -0.3 is 5.11 Å².